The highest BCUT2D eigenvalue weighted by Gasteiger charge is 2.29. The van der Waals surface area contributed by atoms with Crippen LogP contribution in [0.4, 0.5) is 0 Å². The normalized spacial score (nSPS) is 33.1. The van der Waals surface area contributed by atoms with Gasteiger partial charge in [0.2, 0.25) is 0 Å². The Labute approximate surface area is 89.5 Å². The van der Waals surface area contributed by atoms with E-state index in [0.29, 0.717) is 12.0 Å². The van der Waals surface area contributed by atoms with Gasteiger partial charge in [-0.25, -0.2) is 0 Å². The van der Waals surface area contributed by atoms with Gasteiger partial charge in [-0.05, 0) is 31.1 Å². The van der Waals surface area contributed by atoms with Crippen molar-refractivity contribution >= 4 is 11.3 Å². The lowest BCUT2D eigenvalue weighted by Crippen LogP contribution is -2.31. The van der Waals surface area contributed by atoms with Crippen molar-refractivity contribution < 1.29 is 0 Å². The third-order valence-corrected chi connectivity index (χ3v) is 4.28. The molecular weight excluding hydrogens is 192 g/mol. The second-order valence-corrected chi connectivity index (χ2v) is 5.17. The Morgan fingerprint density at radius 1 is 1.57 bits per heavy atom. The summed E-state index contributed by atoms with van der Waals surface area (Å²) in [6.45, 7) is 2.29. The Hall–Kier alpha value is -0.410. The summed E-state index contributed by atoms with van der Waals surface area (Å²) in [7, 11) is 0. The van der Waals surface area contributed by atoms with Crippen LogP contribution in [0.5, 0.6) is 0 Å². The quantitative estimate of drug-likeness (QED) is 0.815. The van der Waals surface area contributed by atoms with Crippen LogP contribution in [-0.4, -0.2) is 11.0 Å². The molecule has 0 bridgehead atoms. The Bertz CT molecular complexity index is 271. The van der Waals surface area contributed by atoms with E-state index in [-0.39, 0.29) is 0 Å². The van der Waals surface area contributed by atoms with Gasteiger partial charge >= 0.3 is 0 Å². The second-order valence-electron chi connectivity index (χ2n) is 4.25. The molecule has 0 radical (unpaired) electrons. The first-order valence-corrected chi connectivity index (χ1v) is 6.33. The van der Waals surface area contributed by atoms with Crippen molar-refractivity contribution in [2.24, 2.45) is 11.7 Å². The van der Waals surface area contributed by atoms with E-state index in [1.807, 2.05) is 11.7 Å². The predicted octanol–water partition coefficient (Wildman–Crippen LogP) is 2.76. The van der Waals surface area contributed by atoms with E-state index in [1.54, 1.807) is 11.3 Å². The van der Waals surface area contributed by atoms with E-state index in [0.717, 1.165) is 12.3 Å². The van der Waals surface area contributed by atoms with E-state index in [9.17, 15) is 0 Å². The van der Waals surface area contributed by atoms with E-state index in [1.165, 1.54) is 24.1 Å². The first-order chi connectivity index (χ1) is 6.81. The van der Waals surface area contributed by atoms with Crippen molar-refractivity contribution in [3.8, 4) is 0 Å². The summed E-state index contributed by atoms with van der Waals surface area (Å²) in [5.74, 6) is 1.51. The highest BCUT2D eigenvalue weighted by molar-refractivity contribution is 7.09. The average Bonchev–Trinajstić information content (AvgIpc) is 2.70. The monoisotopic (exact) mass is 210 g/mol. The molecule has 0 saturated heterocycles. The van der Waals surface area contributed by atoms with Gasteiger partial charge in [-0.1, -0.05) is 13.3 Å². The molecule has 1 aliphatic rings. The molecule has 14 heavy (non-hydrogen) atoms. The van der Waals surface area contributed by atoms with Crippen molar-refractivity contribution in [1.29, 1.82) is 0 Å². The lowest BCUT2D eigenvalue weighted by atomic mass is 9.75. The molecule has 3 heteroatoms. The van der Waals surface area contributed by atoms with E-state index in [4.69, 9.17) is 5.73 Å². The fourth-order valence-corrected chi connectivity index (χ4v) is 3.34. The highest BCUT2D eigenvalue weighted by Crippen LogP contribution is 2.40. The zero-order valence-electron chi connectivity index (χ0n) is 8.65. The van der Waals surface area contributed by atoms with Gasteiger partial charge < -0.3 is 5.73 Å². The molecule has 2 rings (SSSR count). The van der Waals surface area contributed by atoms with Crippen molar-refractivity contribution in [3.63, 3.8) is 0 Å². The van der Waals surface area contributed by atoms with Crippen molar-refractivity contribution in [3.05, 3.63) is 16.6 Å². The van der Waals surface area contributed by atoms with Crippen LogP contribution >= 0.6 is 11.3 Å². The Morgan fingerprint density at radius 2 is 2.43 bits per heavy atom. The fraction of sp³-hybridized carbons (Fsp3) is 0.727. The Morgan fingerprint density at radius 3 is 3.07 bits per heavy atom. The zero-order valence-corrected chi connectivity index (χ0v) is 9.46. The molecule has 0 aromatic carbocycles. The summed E-state index contributed by atoms with van der Waals surface area (Å²) >= 11 is 1.78. The summed E-state index contributed by atoms with van der Waals surface area (Å²) in [4.78, 5) is 5.61. The Balaban J connectivity index is 2.13. The van der Waals surface area contributed by atoms with Crippen LogP contribution in [0.1, 0.15) is 43.4 Å². The van der Waals surface area contributed by atoms with Gasteiger partial charge in [-0.2, -0.15) is 0 Å². The fourth-order valence-electron chi connectivity index (χ4n) is 2.51. The van der Waals surface area contributed by atoms with Gasteiger partial charge in [0, 0.05) is 17.1 Å². The second kappa shape index (κ2) is 4.41. The van der Waals surface area contributed by atoms with Crippen molar-refractivity contribution in [2.45, 2.75) is 44.6 Å². The molecule has 1 aromatic rings. The minimum Gasteiger partial charge on any atom is -0.328 e. The molecule has 78 valence electrons. The van der Waals surface area contributed by atoms with Gasteiger partial charge in [0.1, 0.15) is 0 Å². The molecule has 0 amide bonds. The molecule has 0 aliphatic heterocycles. The first kappa shape index (κ1) is 10.1. The van der Waals surface area contributed by atoms with Crippen LogP contribution < -0.4 is 5.73 Å². The largest absolute Gasteiger partial charge is 0.328 e. The molecule has 1 aliphatic carbocycles. The molecule has 3 unspecified atom stereocenters. The maximum Gasteiger partial charge on any atom is 0.0794 e. The first-order valence-electron chi connectivity index (χ1n) is 5.45. The number of thiazole rings is 1. The van der Waals surface area contributed by atoms with E-state index in [2.05, 4.69) is 11.9 Å². The van der Waals surface area contributed by atoms with E-state index >= 15 is 0 Å². The van der Waals surface area contributed by atoms with Gasteiger partial charge in [-0.15, -0.1) is 11.3 Å². The molecule has 2 nitrogen and oxygen atoms in total. The third-order valence-electron chi connectivity index (χ3n) is 3.38. The highest BCUT2D eigenvalue weighted by atomic mass is 32.1. The average molecular weight is 210 g/mol. The zero-order chi connectivity index (χ0) is 9.97. The van der Waals surface area contributed by atoms with Crippen LogP contribution in [0.2, 0.25) is 0 Å². The van der Waals surface area contributed by atoms with Crippen LogP contribution in [0.3, 0.4) is 0 Å². The smallest absolute Gasteiger partial charge is 0.0794 e. The topological polar surface area (TPSA) is 38.9 Å². The number of hydrogen-bond acceptors (Lipinski definition) is 3. The minimum absolute atomic E-state index is 0.407. The molecule has 2 N–H and O–H groups in total. The van der Waals surface area contributed by atoms with Crippen molar-refractivity contribution in [1.82, 2.24) is 4.98 Å². The summed E-state index contributed by atoms with van der Waals surface area (Å²) < 4.78 is 0. The third kappa shape index (κ3) is 1.98. The van der Waals surface area contributed by atoms with Crippen LogP contribution in [0.25, 0.3) is 0 Å². The minimum atomic E-state index is 0.407. The van der Waals surface area contributed by atoms with E-state index < -0.39 is 0 Å². The molecule has 1 saturated carbocycles. The number of rotatable bonds is 2. The van der Waals surface area contributed by atoms with Crippen LogP contribution in [0.15, 0.2) is 11.7 Å². The number of hydrogen-bond donors (Lipinski definition) is 1. The maximum absolute atomic E-state index is 6.03. The molecule has 0 spiro atoms. The van der Waals surface area contributed by atoms with Gasteiger partial charge in [0.05, 0.1) is 5.51 Å². The molecule has 1 fully saturated rings. The lowest BCUT2D eigenvalue weighted by Gasteiger charge is -2.33. The summed E-state index contributed by atoms with van der Waals surface area (Å²) in [6.07, 6.45) is 6.94. The Kier molecular flexibility index (Phi) is 3.19. The standard InChI is InChI=1S/C11H18N2S/c1-2-8-3-4-9(12)5-10(8)11-6-13-7-14-11/h6-10H,2-5,12H2,1H3. The molecule has 1 heterocycles. The van der Waals surface area contributed by atoms with Gasteiger partial charge in [0.15, 0.2) is 0 Å². The predicted molar refractivity (Wildman–Crippen MR) is 60.5 cm³/mol. The van der Waals surface area contributed by atoms with Gasteiger partial charge in [-0.3, -0.25) is 4.98 Å². The molecular formula is C11H18N2S. The molecule has 1 aromatic heterocycles. The van der Waals surface area contributed by atoms with Crippen molar-refractivity contribution in [2.75, 3.05) is 0 Å². The number of nitrogens with zero attached hydrogens (tertiary/aromatic N) is 1. The summed E-state index contributed by atoms with van der Waals surface area (Å²) in [5, 5.41) is 0. The van der Waals surface area contributed by atoms with Crippen LogP contribution in [-0.2, 0) is 0 Å². The lowest BCUT2D eigenvalue weighted by molar-refractivity contribution is 0.276. The summed E-state index contributed by atoms with van der Waals surface area (Å²) in [6, 6.07) is 0.407. The van der Waals surface area contributed by atoms with Gasteiger partial charge in [0.25, 0.3) is 0 Å². The number of aromatic nitrogens is 1. The maximum atomic E-state index is 6.03. The number of nitrogens with two attached hydrogens (primary N) is 1. The van der Waals surface area contributed by atoms with Crippen LogP contribution in [0, 0.1) is 5.92 Å². The SMILES string of the molecule is CCC1CCC(N)CC1c1cncs1. The summed E-state index contributed by atoms with van der Waals surface area (Å²) in [5.41, 5.74) is 7.97. The molecule has 3 atom stereocenters.